The molecule has 1 aliphatic heterocycles. The minimum Gasteiger partial charge on any atom is -0.390 e. The standard InChI is InChI=1S/C14H18BrNO2/c1-10-7-11(9-12(15)8-10)13(17)16-5-3-14(2,18)4-6-16/h7-9,18H,3-6H2,1-2H3. The van der Waals surface area contributed by atoms with E-state index in [4.69, 9.17) is 0 Å². The fraction of sp³-hybridized carbons (Fsp3) is 0.500. The third-order valence-corrected chi connectivity index (χ3v) is 3.87. The number of benzene rings is 1. The summed E-state index contributed by atoms with van der Waals surface area (Å²) in [5, 5.41) is 9.89. The Bertz CT molecular complexity index is 441. The first kappa shape index (κ1) is 13.6. The van der Waals surface area contributed by atoms with Crippen LogP contribution in [-0.2, 0) is 0 Å². The predicted molar refractivity (Wildman–Crippen MR) is 74.6 cm³/mol. The number of rotatable bonds is 1. The van der Waals surface area contributed by atoms with E-state index < -0.39 is 5.60 Å². The van der Waals surface area contributed by atoms with Gasteiger partial charge in [0.2, 0.25) is 0 Å². The minimum absolute atomic E-state index is 0.0508. The molecule has 0 unspecified atom stereocenters. The second-order valence-electron chi connectivity index (χ2n) is 5.31. The van der Waals surface area contributed by atoms with E-state index in [0.717, 1.165) is 10.0 Å². The van der Waals surface area contributed by atoms with Gasteiger partial charge in [-0.05, 0) is 50.5 Å². The molecule has 1 heterocycles. The highest BCUT2D eigenvalue weighted by molar-refractivity contribution is 9.10. The van der Waals surface area contributed by atoms with E-state index in [0.29, 0.717) is 31.5 Å². The Morgan fingerprint density at radius 1 is 1.33 bits per heavy atom. The van der Waals surface area contributed by atoms with Crippen LogP contribution in [0.4, 0.5) is 0 Å². The quantitative estimate of drug-likeness (QED) is 0.866. The first-order chi connectivity index (χ1) is 8.37. The number of aryl methyl sites for hydroxylation is 1. The summed E-state index contributed by atoms with van der Waals surface area (Å²) < 4.78 is 0.926. The molecule has 0 atom stereocenters. The summed E-state index contributed by atoms with van der Waals surface area (Å²) in [7, 11) is 0. The lowest BCUT2D eigenvalue weighted by molar-refractivity contribution is -0.00202. The Morgan fingerprint density at radius 3 is 2.50 bits per heavy atom. The molecule has 1 saturated heterocycles. The second kappa shape index (κ2) is 5.02. The van der Waals surface area contributed by atoms with Crippen molar-refractivity contribution >= 4 is 21.8 Å². The first-order valence-electron chi connectivity index (χ1n) is 6.16. The van der Waals surface area contributed by atoms with Crippen LogP contribution in [0.25, 0.3) is 0 Å². The van der Waals surface area contributed by atoms with Crippen LogP contribution in [0.15, 0.2) is 22.7 Å². The summed E-state index contributed by atoms with van der Waals surface area (Å²) in [6.45, 7) is 5.05. The Labute approximate surface area is 116 Å². The van der Waals surface area contributed by atoms with Crippen molar-refractivity contribution in [1.82, 2.24) is 4.90 Å². The Morgan fingerprint density at radius 2 is 1.94 bits per heavy atom. The molecule has 0 saturated carbocycles. The average Bonchev–Trinajstić information content (AvgIpc) is 2.27. The Balaban J connectivity index is 2.12. The van der Waals surface area contributed by atoms with Gasteiger partial charge in [-0.2, -0.15) is 0 Å². The smallest absolute Gasteiger partial charge is 0.253 e. The highest BCUT2D eigenvalue weighted by Crippen LogP contribution is 2.23. The molecule has 4 heteroatoms. The topological polar surface area (TPSA) is 40.5 Å². The molecule has 18 heavy (non-hydrogen) atoms. The molecule has 0 spiro atoms. The van der Waals surface area contributed by atoms with Crippen molar-refractivity contribution < 1.29 is 9.90 Å². The maximum absolute atomic E-state index is 12.3. The molecule has 2 rings (SSSR count). The van der Waals surface area contributed by atoms with Crippen molar-refractivity contribution in [3.63, 3.8) is 0 Å². The van der Waals surface area contributed by atoms with Gasteiger partial charge in [0, 0.05) is 23.1 Å². The zero-order valence-electron chi connectivity index (χ0n) is 10.7. The third kappa shape index (κ3) is 3.12. The number of carbonyl (C=O) groups excluding carboxylic acids is 1. The SMILES string of the molecule is Cc1cc(Br)cc(C(=O)N2CCC(C)(O)CC2)c1. The van der Waals surface area contributed by atoms with E-state index in [1.807, 2.05) is 36.9 Å². The van der Waals surface area contributed by atoms with E-state index in [9.17, 15) is 9.90 Å². The molecule has 1 fully saturated rings. The third-order valence-electron chi connectivity index (χ3n) is 3.42. The number of likely N-dealkylation sites (tertiary alicyclic amines) is 1. The van der Waals surface area contributed by atoms with Crippen LogP contribution in [0.1, 0.15) is 35.7 Å². The molecule has 1 amide bonds. The molecule has 1 N–H and O–H groups in total. The lowest BCUT2D eigenvalue weighted by atomic mass is 9.93. The summed E-state index contributed by atoms with van der Waals surface area (Å²) in [6.07, 6.45) is 1.29. The van der Waals surface area contributed by atoms with Gasteiger partial charge in [-0.3, -0.25) is 4.79 Å². The molecule has 0 aromatic heterocycles. The van der Waals surface area contributed by atoms with Gasteiger partial charge in [0.25, 0.3) is 5.91 Å². The van der Waals surface area contributed by atoms with Gasteiger partial charge < -0.3 is 10.0 Å². The van der Waals surface area contributed by atoms with Gasteiger partial charge >= 0.3 is 0 Å². The van der Waals surface area contributed by atoms with Crippen LogP contribution in [0, 0.1) is 6.92 Å². The number of carbonyl (C=O) groups is 1. The van der Waals surface area contributed by atoms with Crippen molar-refractivity contribution in [1.29, 1.82) is 0 Å². The number of amides is 1. The first-order valence-corrected chi connectivity index (χ1v) is 6.95. The summed E-state index contributed by atoms with van der Waals surface area (Å²) in [5.41, 5.74) is 1.16. The number of hydrogen-bond donors (Lipinski definition) is 1. The largest absolute Gasteiger partial charge is 0.390 e. The van der Waals surface area contributed by atoms with Gasteiger partial charge in [-0.25, -0.2) is 0 Å². The van der Waals surface area contributed by atoms with E-state index in [1.54, 1.807) is 0 Å². The maximum Gasteiger partial charge on any atom is 0.253 e. The van der Waals surface area contributed by atoms with E-state index >= 15 is 0 Å². The maximum atomic E-state index is 12.3. The lowest BCUT2D eigenvalue weighted by Crippen LogP contribution is -2.45. The molecule has 1 aliphatic rings. The van der Waals surface area contributed by atoms with Crippen LogP contribution in [0.3, 0.4) is 0 Å². The molecule has 3 nitrogen and oxygen atoms in total. The fourth-order valence-corrected chi connectivity index (χ4v) is 2.84. The van der Waals surface area contributed by atoms with Gasteiger partial charge in [0.15, 0.2) is 0 Å². The highest BCUT2D eigenvalue weighted by atomic mass is 79.9. The zero-order valence-corrected chi connectivity index (χ0v) is 12.3. The average molecular weight is 312 g/mol. The van der Waals surface area contributed by atoms with Gasteiger partial charge in [0.05, 0.1) is 5.60 Å². The summed E-state index contributed by atoms with van der Waals surface area (Å²) in [6, 6.07) is 5.74. The molecule has 0 bridgehead atoms. The number of nitrogens with zero attached hydrogens (tertiary/aromatic N) is 1. The monoisotopic (exact) mass is 311 g/mol. The molecule has 0 aliphatic carbocycles. The normalized spacial score (nSPS) is 18.8. The van der Waals surface area contributed by atoms with Gasteiger partial charge in [-0.1, -0.05) is 15.9 Å². The van der Waals surface area contributed by atoms with Crippen LogP contribution in [-0.4, -0.2) is 34.6 Å². The molecular weight excluding hydrogens is 294 g/mol. The van der Waals surface area contributed by atoms with Crippen molar-refractivity contribution in [2.24, 2.45) is 0 Å². The van der Waals surface area contributed by atoms with E-state index in [1.165, 1.54) is 0 Å². The Kier molecular flexibility index (Phi) is 3.78. The number of hydrogen-bond acceptors (Lipinski definition) is 2. The number of piperidine rings is 1. The lowest BCUT2D eigenvalue weighted by Gasteiger charge is -2.35. The fourth-order valence-electron chi connectivity index (χ4n) is 2.23. The van der Waals surface area contributed by atoms with Crippen LogP contribution >= 0.6 is 15.9 Å². The molecule has 1 aromatic rings. The van der Waals surface area contributed by atoms with E-state index in [-0.39, 0.29) is 5.91 Å². The molecule has 1 aromatic carbocycles. The van der Waals surface area contributed by atoms with Gasteiger partial charge in [-0.15, -0.1) is 0 Å². The predicted octanol–water partition coefficient (Wildman–Crippen LogP) is 2.74. The molecule has 98 valence electrons. The number of halogens is 1. The highest BCUT2D eigenvalue weighted by Gasteiger charge is 2.29. The van der Waals surface area contributed by atoms with Crippen LogP contribution < -0.4 is 0 Å². The van der Waals surface area contributed by atoms with Crippen molar-refractivity contribution in [3.8, 4) is 0 Å². The minimum atomic E-state index is -0.621. The summed E-state index contributed by atoms with van der Waals surface area (Å²) in [5.74, 6) is 0.0508. The van der Waals surface area contributed by atoms with Gasteiger partial charge in [0.1, 0.15) is 0 Å². The second-order valence-corrected chi connectivity index (χ2v) is 6.22. The summed E-state index contributed by atoms with van der Waals surface area (Å²) in [4.78, 5) is 14.2. The van der Waals surface area contributed by atoms with Crippen LogP contribution in [0.2, 0.25) is 0 Å². The molecular formula is C14H18BrNO2. The van der Waals surface area contributed by atoms with E-state index in [2.05, 4.69) is 15.9 Å². The number of aliphatic hydroxyl groups is 1. The van der Waals surface area contributed by atoms with Crippen molar-refractivity contribution in [3.05, 3.63) is 33.8 Å². The summed E-state index contributed by atoms with van der Waals surface area (Å²) >= 11 is 3.41. The zero-order chi connectivity index (χ0) is 13.3. The molecule has 0 radical (unpaired) electrons. The van der Waals surface area contributed by atoms with Crippen molar-refractivity contribution in [2.75, 3.05) is 13.1 Å². The Hall–Kier alpha value is -0.870. The van der Waals surface area contributed by atoms with Crippen molar-refractivity contribution in [2.45, 2.75) is 32.3 Å². The van der Waals surface area contributed by atoms with Crippen LogP contribution in [0.5, 0.6) is 0 Å².